The third-order valence-corrected chi connectivity index (χ3v) is 4.35. The molecule has 0 fully saturated rings. The van der Waals surface area contributed by atoms with Gasteiger partial charge in [0.2, 0.25) is 0 Å². The standard InChI is InChI=1S/C19H16N4O6/c1-11-8-14(16(23(27)28)9-12(11)2)21-18(24)10-29-17-6-5-15(22(25)26)13-4-3-7-20-19(13)17/h3-9H,10H2,1-2H3,(H,21,24). The maximum Gasteiger partial charge on any atom is 0.293 e. The Labute approximate surface area is 164 Å². The SMILES string of the molecule is Cc1cc(NC(=O)COc2ccc([N+](=O)[O-])c3cccnc23)c([N+](=O)[O-])cc1C. The average molecular weight is 396 g/mol. The molecule has 10 heteroatoms. The number of aromatic nitrogens is 1. The minimum absolute atomic E-state index is 0.0679. The Hall–Kier alpha value is -4.08. The molecule has 2 aromatic carbocycles. The molecule has 0 aliphatic carbocycles. The molecule has 10 nitrogen and oxygen atoms in total. The van der Waals surface area contributed by atoms with Crippen LogP contribution >= 0.6 is 0 Å². The molecule has 1 amide bonds. The summed E-state index contributed by atoms with van der Waals surface area (Å²) < 4.78 is 5.48. The molecule has 3 aromatic rings. The molecule has 0 bridgehead atoms. The molecule has 0 atom stereocenters. The van der Waals surface area contributed by atoms with E-state index in [0.717, 1.165) is 11.1 Å². The number of amides is 1. The van der Waals surface area contributed by atoms with Crippen molar-refractivity contribution in [2.24, 2.45) is 0 Å². The lowest BCUT2D eigenvalue weighted by molar-refractivity contribution is -0.384. The molecular formula is C19H16N4O6. The number of nitrogens with one attached hydrogen (secondary N) is 1. The van der Waals surface area contributed by atoms with Crippen molar-refractivity contribution >= 4 is 33.9 Å². The zero-order valence-electron chi connectivity index (χ0n) is 15.5. The quantitative estimate of drug-likeness (QED) is 0.495. The number of nitro benzene ring substituents is 2. The molecule has 0 unspecified atom stereocenters. The second-order valence-corrected chi connectivity index (χ2v) is 6.29. The van der Waals surface area contributed by atoms with Crippen LogP contribution in [0.25, 0.3) is 10.9 Å². The number of nitro groups is 2. The minimum Gasteiger partial charge on any atom is -0.481 e. The van der Waals surface area contributed by atoms with Crippen LogP contribution in [-0.2, 0) is 4.79 Å². The van der Waals surface area contributed by atoms with E-state index < -0.39 is 22.4 Å². The van der Waals surface area contributed by atoms with Gasteiger partial charge in [-0.25, -0.2) is 0 Å². The number of rotatable bonds is 6. The normalized spacial score (nSPS) is 10.6. The number of anilines is 1. The highest BCUT2D eigenvalue weighted by atomic mass is 16.6. The van der Waals surface area contributed by atoms with Crippen LogP contribution in [0, 0.1) is 34.1 Å². The number of fused-ring (bicyclic) bond motifs is 1. The highest BCUT2D eigenvalue weighted by Gasteiger charge is 2.19. The van der Waals surface area contributed by atoms with Gasteiger partial charge in [0.1, 0.15) is 17.0 Å². The molecule has 0 saturated carbocycles. The van der Waals surface area contributed by atoms with Gasteiger partial charge in [-0.15, -0.1) is 0 Å². The summed E-state index contributed by atoms with van der Waals surface area (Å²) in [5.74, 6) is -0.422. The first-order valence-electron chi connectivity index (χ1n) is 8.48. The molecule has 3 rings (SSSR count). The fraction of sp³-hybridized carbons (Fsp3) is 0.158. The Morgan fingerprint density at radius 1 is 1.07 bits per heavy atom. The molecule has 0 aliphatic heterocycles. The zero-order valence-corrected chi connectivity index (χ0v) is 15.5. The van der Waals surface area contributed by atoms with E-state index in [9.17, 15) is 25.0 Å². The fourth-order valence-electron chi connectivity index (χ4n) is 2.79. The number of hydrogen-bond acceptors (Lipinski definition) is 7. The van der Waals surface area contributed by atoms with Gasteiger partial charge >= 0.3 is 0 Å². The topological polar surface area (TPSA) is 138 Å². The summed E-state index contributed by atoms with van der Waals surface area (Å²) in [6, 6.07) is 8.63. The Kier molecular flexibility index (Phi) is 5.35. The average Bonchev–Trinajstić information content (AvgIpc) is 2.68. The van der Waals surface area contributed by atoms with Crippen LogP contribution in [0.1, 0.15) is 11.1 Å². The van der Waals surface area contributed by atoms with E-state index in [4.69, 9.17) is 4.74 Å². The van der Waals surface area contributed by atoms with Gasteiger partial charge in [0, 0.05) is 18.3 Å². The van der Waals surface area contributed by atoms with E-state index in [2.05, 4.69) is 10.3 Å². The smallest absolute Gasteiger partial charge is 0.293 e. The highest BCUT2D eigenvalue weighted by Crippen LogP contribution is 2.31. The first kappa shape index (κ1) is 19.7. The van der Waals surface area contributed by atoms with Crippen LogP contribution < -0.4 is 10.1 Å². The fourth-order valence-corrected chi connectivity index (χ4v) is 2.79. The molecule has 29 heavy (non-hydrogen) atoms. The third-order valence-electron chi connectivity index (χ3n) is 4.35. The first-order valence-corrected chi connectivity index (χ1v) is 8.48. The van der Waals surface area contributed by atoms with Gasteiger partial charge in [-0.1, -0.05) is 0 Å². The van der Waals surface area contributed by atoms with Crippen LogP contribution in [0.4, 0.5) is 17.1 Å². The molecule has 148 valence electrons. The minimum atomic E-state index is -0.612. The van der Waals surface area contributed by atoms with Gasteiger partial charge < -0.3 is 10.1 Å². The second kappa shape index (κ2) is 7.89. The number of carbonyl (C=O) groups is 1. The number of non-ortho nitro benzene ring substituents is 1. The van der Waals surface area contributed by atoms with Gasteiger partial charge in [0.15, 0.2) is 6.61 Å². The molecule has 0 saturated heterocycles. The molecule has 0 spiro atoms. The largest absolute Gasteiger partial charge is 0.481 e. The number of nitrogens with zero attached hydrogens (tertiary/aromatic N) is 3. The van der Waals surface area contributed by atoms with Crippen LogP contribution in [0.2, 0.25) is 0 Å². The number of pyridine rings is 1. The Morgan fingerprint density at radius 3 is 2.45 bits per heavy atom. The molecule has 1 aromatic heterocycles. The van der Waals surface area contributed by atoms with Crippen molar-refractivity contribution in [2.75, 3.05) is 11.9 Å². The monoisotopic (exact) mass is 396 g/mol. The van der Waals surface area contributed by atoms with Gasteiger partial charge in [0.25, 0.3) is 17.3 Å². The van der Waals surface area contributed by atoms with Crippen LogP contribution in [0.3, 0.4) is 0 Å². The first-order chi connectivity index (χ1) is 13.8. The van der Waals surface area contributed by atoms with Gasteiger partial charge in [-0.05, 0) is 49.2 Å². The number of aryl methyl sites for hydroxylation is 2. The lowest BCUT2D eigenvalue weighted by Gasteiger charge is -2.11. The van der Waals surface area contributed by atoms with Crippen LogP contribution in [0.5, 0.6) is 5.75 Å². The number of carbonyl (C=O) groups excluding carboxylic acids is 1. The molecular weight excluding hydrogens is 380 g/mol. The molecule has 1 N–H and O–H groups in total. The van der Waals surface area contributed by atoms with Crippen molar-refractivity contribution < 1.29 is 19.4 Å². The van der Waals surface area contributed by atoms with Crippen LogP contribution in [-0.4, -0.2) is 27.3 Å². The van der Waals surface area contributed by atoms with Crippen molar-refractivity contribution in [2.45, 2.75) is 13.8 Å². The van der Waals surface area contributed by atoms with Gasteiger partial charge in [-0.3, -0.25) is 30.0 Å². The zero-order chi connectivity index (χ0) is 21.1. The summed E-state index contributed by atoms with van der Waals surface area (Å²) in [5.41, 5.74) is 1.48. The lowest BCUT2D eigenvalue weighted by atomic mass is 10.1. The summed E-state index contributed by atoms with van der Waals surface area (Å²) >= 11 is 0. The summed E-state index contributed by atoms with van der Waals surface area (Å²) in [7, 11) is 0. The maximum absolute atomic E-state index is 12.3. The van der Waals surface area contributed by atoms with E-state index >= 15 is 0 Å². The lowest BCUT2D eigenvalue weighted by Crippen LogP contribution is -2.21. The van der Waals surface area contributed by atoms with E-state index in [0.29, 0.717) is 0 Å². The van der Waals surface area contributed by atoms with E-state index in [-0.39, 0.29) is 33.7 Å². The second-order valence-electron chi connectivity index (χ2n) is 6.29. The molecule has 0 radical (unpaired) electrons. The summed E-state index contributed by atoms with van der Waals surface area (Å²) in [4.78, 5) is 37.7. The van der Waals surface area contributed by atoms with Gasteiger partial charge in [0.05, 0.1) is 15.2 Å². The predicted octanol–water partition coefficient (Wildman–Crippen LogP) is 3.69. The predicted molar refractivity (Wildman–Crippen MR) is 105 cm³/mol. The Bertz CT molecular complexity index is 1140. The summed E-state index contributed by atoms with van der Waals surface area (Å²) in [5, 5.41) is 25.1. The van der Waals surface area contributed by atoms with Gasteiger partial charge in [-0.2, -0.15) is 0 Å². The summed E-state index contributed by atoms with van der Waals surface area (Å²) in [6.45, 7) is 3.07. The Balaban J connectivity index is 1.81. The molecule has 1 heterocycles. The van der Waals surface area contributed by atoms with Crippen molar-refractivity contribution in [3.63, 3.8) is 0 Å². The Morgan fingerprint density at radius 2 is 1.76 bits per heavy atom. The third kappa shape index (κ3) is 4.10. The highest BCUT2D eigenvalue weighted by molar-refractivity contribution is 5.95. The molecule has 0 aliphatic rings. The van der Waals surface area contributed by atoms with Crippen molar-refractivity contribution in [3.05, 3.63) is 74.0 Å². The number of ether oxygens (including phenoxy) is 1. The number of hydrogen-bond donors (Lipinski definition) is 1. The van der Waals surface area contributed by atoms with E-state index in [1.807, 2.05) is 0 Å². The maximum atomic E-state index is 12.3. The van der Waals surface area contributed by atoms with Crippen molar-refractivity contribution in [1.82, 2.24) is 4.98 Å². The van der Waals surface area contributed by atoms with Crippen LogP contribution in [0.15, 0.2) is 42.6 Å². The summed E-state index contributed by atoms with van der Waals surface area (Å²) in [6.07, 6.45) is 1.46. The van der Waals surface area contributed by atoms with E-state index in [1.165, 1.54) is 36.5 Å². The van der Waals surface area contributed by atoms with E-state index in [1.54, 1.807) is 19.9 Å². The number of benzene rings is 2. The van der Waals surface area contributed by atoms with Crippen molar-refractivity contribution in [3.8, 4) is 5.75 Å². The van der Waals surface area contributed by atoms with Crippen molar-refractivity contribution in [1.29, 1.82) is 0 Å².